The Bertz CT molecular complexity index is 459. The summed E-state index contributed by atoms with van der Waals surface area (Å²) in [4.78, 5) is 10.4. The summed E-state index contributed by atoms with van der Waals surface area (Å²) in [7, 11) is -0.440. The molecule has 0 bridgehead atoms. The molecule has 0 atom stereocenters. The standard InChI is InChI=1S/C17H28O2Si/c1-7-9-15-14(10-8-11-16(15)19-4)12-13-17(2,3)20(5,6)18/h7-8,10-11,18H,1,9,12-13H2,2-6H3. The van der Waals surface area contributed by atoms with Gasteiger partial charge in [0, 0.05) is 5.56 Å². The molecule has 3 heteroatoms. The van der Waals surface area contributed by atoms with Crippen molar-refractivity contribution in [3.63, 3.8) is 0 Å². The van der Waals surface area contributed by atoms with Crippen molar-refractivity contribution in [1.82, 2.24) is 0 Å². The van der Waals surface area contributed by atoms with Crippen LogP contribution in [0.1, 0.15) is 31.4 Å². The molecule has 0 fully saturated rings. The lowest BCUT2D eigenvalue weighted by atomic mass is 9.95. The van der Waals surface area contributed by atoms with Gasteiger partial charge in [-0.15, -0.1) is 6.58 Å². The van der Waals surface area contributed by atoms with Crippen molar-refractivity contribution in [2.24, 2.45) is 0 Å². The summed E-state index contributed by atoms with van der Waals surface area (Å²) >= 11 is 0. The molecule has 0 aromatic heterocycles. The molecule has 1 rings (SSSR count). The SMILES string of the molecule is C=CCc1c(CCC(C)(C)[Si](C)(C)O)cccc1OC. The molecule has 0 amide bonds. The van der Waals surface area contributed by atoms with Crippen molar-refractivity contribution in [3.05, 3.63) is 42.0 Å². The minimum absolute atomic E-state index is 0.00151. The minimum Gasteiger partial charge on any atom is -0.496 e. The Labute approximate surface area is 124 Å². The normalized spacial score (nSPS) is 12.3. The van der Waals surface area contributed by atoms with E-state index in [4.69, 9.17) is 4.74 Å². The molecular formula is C17H28O2Si. The highest BCUT2D eigenvalue weighted by Crippen LogP contribution is 2.40. The Morgan fingerprint density at radius 2 is 2.00 bits per heavy atom. The molecule has 0 heterocycles. The molecule has 1 aromatic rings. The first-order valence-electron chi connectivity index (χ1n) is 7.21. The number of aryl methyl sites for hydroxylation is 1. The van der Waals surface area contributed by atoms with Gasteiger partial charge in [-0.1, -0.05) is 32.1 Å². The fraction of sp³-hybridized carbons (Fsp3) is 0.529. The molecule has 20 heavy (non-hydrogen) atoms. The molecular weight excluding hydrogens is 264 g/mol. The summed E-state index contributed by atoms with van der Waals surface area (Å²) in [6.07, 6.45) is 4.68. The molecule has 0 aliphatic rings. The lowest BCUT2D eigenvalue weighted by molar-refractivity contribution is 0.409. The van der Waals surface area contributed by atoms with Crippen LogP contribution in [0.2, 0.25) is 18.1 Å². The summed E-state index contributed by atoms with van der Waals surface area (Å²) in [6.45, 7) is 12.2. The van der Waals surface area contributed by atoms with Crippen LogP contribution in [0.5, 0.6) is 5.75 Å². The molecule has 0 unspecified atom stereocenters. The van der Waals surface area contributed by atoms with Crippen molar-refractivity contribution >= 4 is 8.32 Å². The van der Waals surface area contributed by atoms with Gasteiger partial charge in [0.15, 0.2) is 8.32 Å². The van der Waals surface area contributed by atoms with Crippen molar-refractivity contribution < 1.29 is 9.53 Å². The van der Waals surface area contributed by atoms with Gasteiger partial charge in [0.05, 0.1) is 7.11 Å². The highest BCUT2D eigenvalue weighted by atomic mass is 28.4. The van der Waals surface area contributed by atoms with Crippen molar-refractivity contribution in [1.29, 1.82) is 0 Å². The zero-order valence-electron chi connectivity index (χ0n) is 13.5. The third-order valence-corrected chi connectivity index (χ3v) is 8.04. The maximum Gasteiger partial charge on any atom is 0.188 e. The molecule has 0 aliphatic carbocycles. The second-order valence-electron chi connectivity index (χ2n) is 6.53. The average Bonchev–Trinajstić information content (AvgIpc) is 2.36. The van der Waals surface area contributed by atoms with E-state index < -0.39 is 8.32 Å². The second-order valence-corrected chi connectivity index (χ2v) is 11.0. The Balaban J connectivity index is 2.96. The maximum atomic E-state index is 10.4. The van der Waals surface area contributed by atoms with Crippen LogP contribution in [-0.2, 0) is 12.8 Å². The maximum absolute atomic E-state index is 10.4. The molecule has 112 valence electrons. The van der Waals surface area contributed by atoms with Crippen LogP contribution in [0.3, 0.4) is 0 Å². The third kappa shape index (κ3) is 3.97. The second kappa shape index (κ2) is 6.59. The van der Waals surface area contributed by atoms with Crippen LogP contribution in [0, 0.1) is 0 Å². The molecule has 0 aliphatic heterocycles. The van der Waals surface area contributed by atoms with Gasteiger partial charge >= 0.3 is 0 Å². The Kier molecular flexibility index (Phi) is 5.60. The summed E-state index contributed by atoms with van der Waals surface area (Å²) in [5.74, 6) is 0.931. The Morgan fingerprint density at radius 1 is 1.35 bits per heavy atom. The van der Waals surface area contributed by atoms with E-state index in [1.54, 1.807) is 7.11 Å². The summed E-state index contributed by atoms with van der Waals surface area (Å²) < 4.78 is 5.45. The van der Waals surface area contributed by atoms with Gasteiger partial charge in [-0.05, 0) is 49.0 Å². The highest BCUT2D eigenvalue weighted by Gasteiger charge is 2.37. The smallest absolute Gasteiger partial charge is 0.188 e. The summed E-state index contributed by atoms with van der Waals surface area (Å²) in [5.41, 5.74) is 2.52. The van der Waals surface area contributed by atoms with Crippen LogP contribution in [-0.4, -0.2) is 20.2 Å². The molecule has 1 N–H and O–H groups in total. The topological polar surface area (TPSA) is 29.5 Å². The van der Waals surface area contributed by atoms with E-state index in [1.807, 2.05) is 31.3 Å². The monoisotopic (exact) mass is 292 g/mol. The van der Waals surface area contributed by atoms with E-state index in [2.05, 4.69) is 26.5 Å². The van der Waals surface area contributed by atoms with Crippen molar-refractivity contribution in [3.8, 4) is 5.75 Å². The van der Waals surface area contributed by atoms with E-state index in [9.17, 15) is 4.80 Å². The quantitative estimate of drug-likeness (QED) is 0.598. The van der Waals surface area contributed by atoms with Crippen LogP contribution in [0.4, 0.5) is 0 Å². The van der Waals surface area contributed by atoms with Gasteiger partial charge in [0.25, 0.3) is 0 Å². The van der Waals surface area contributed by atoms with Gasteiger partial charge in [0.1, 0.15) is 5.75 Å². The van der Waals surface area contributed by atoms with Crippen molar-refractivity contribution in [2.75, 3.05) is 7.11 Å². The molecule has 0 radical (unpaired) electrons. The van der Waals surface area contributed by atoms with Gasteiger partial charge < -0.3 is 9.53 Å². The first kappa shape index (κ1) is 17.0. The van der Waals surface area contributed by atoms with Gasteiger partial charge in [0.2, 0.25) is 0 Å². The lowest BCUT2D eigenvalue weighted by Crippen LogP contribution is -2.39. The molecule has 2 nitrogen and oxygen atoms in total. The fourth-order valence-electron chi connectivity index (χ4n) is 2.17. The van der Waals surface area contributed by atoms with Crippen LogP contribution < -0.4 is 4.74 Å². The van der Waals surface area contributed by atoms with Gasteiger partial charge in [-0.3, -0.25) is 0 Å². The van der Waals surface area contributed by atoms with E-state index >= 15 is 0 Å². The number of methoxy groups -OCH3 is 1. The largest absolute Gasteiger partial charge is 0.496 e. The predicted octanol–water partition coefficient (Wildman–Crippen LogP) is 4.33. The zero-order chi connectivity index (χ0) is 15.4. The molecule has 0 spiro atoms. The van der Waals surface area contributed by atoms with E-state index in [1.165, 1.54) is 11.1 Å². The van der Waals surface area contributed by atoms with Crippen LogP contribution >= 0.6 is 0 Å². The molecule has 1 aromatic carbocycles. The predicted molar refractivity (Wildman–Crippen MR) is 89.0 cm³/mol. The summed E-state index contributed by atoms with van der Waals surface area (Å²) in [5, 5.41) is 0.00151. The summed E-state index contributed by atoms with van der Waals surface area (Å²) in [6, 6.07) is 6.19. The van der Waals surface area contributed by atoms with Gasteiger partial charge in [-0.25, -0.2) is 0 Å². The number of benzene rings is 1. The Morgan fingerprint density at radius 3 is 2.50 bits per heavy atom. The van der Waals surface area contributed by atoms with Gasteiger partial charge in [-0.2, -0.15) is 0 Å². The number of allylic oxidation sites excluding steroid dienone is 1. The Hall–Kier alpha value is -1.06. The minimum atomic E-state index is -2.15. The first-order valence-corrected chi connectivity index (χ1v) is 10.2. The van der Waals surface area contributed by atoms with E-state index in [0.717, 1.165) is 25.0 Å². The highest BCUT2D eigenvalue weighted by molar-refractivity contribution is 6.72. The molecule has 0 saturated heterocycles. The van der Waals surface area contributed by atoms with Crippen LogP contribution in [0.15, 0.2) is 30.9 Å². The fourth-order valence-corrected chi connectivity index (χ4v) is 2.90. The number of hydrogen-bond acceptors (Lipinski definition) is 2. The molecule has 0 saturated carbocycles. The number of rotatable bonds is 7. The average molecular weight is 292 g/mol. The first-order chi connectivity index (χ1) is 9.23. The van der Waals surface area contributed by atoms with Crippen LogP contribution in [0.25, 0.3) is 0 Å². The van der Waals surface area contributed by atoms with E-state index in [-0.39, 0.29) is 5.04 Å². The lowest BCUT2D eigenvalue weighted by Gasteiger charge is -2.35. The third-order valence-electron chi connectivity index (χ3n) is 4.47. The van der Waals surface area contributed by atoms with E-state index in [0.29, 0.717) is 0 Å². The zero-order valence-corrected chi connectivity index (χ0v) is 14.5. The number of ether oxygens (including phenoxy) is 1. The van der Waals surface area contributed by atoms with Crippen molar-refractivity contribution in [2.45, 2.75) is 51.2 Å². The number of hydrogen-bond donors (Lipinski definition) is 1.